The molecule has 0 aromatic heterocycles. The van der Waals surface area contributed by atoms with Crippen LogP contribution in [0.4, 0.5) is 0 Å². The highest BCUT2D eigenvalue weighted by molar-refractivity contribution is 6.31. The minimum Gasteiger partial charge on any atom is -0.0843 e. The van der Waals surface area contributed by atoms with Crippen LogP contribution in [-0.2, 0) is 0 Å². The van der Waals surface area contributed by atoms with Gasteiger partial charge in [-0.2, -0.15) is 0 Å². The topological polar surface area (TPSA) is 0 Å². The average Bonchev–Trinajstić information content (AvgIpc) is 2.48. The number of hydrogen-bond acceptors (Lipinski definition) is 0. The summed E-state index contributed by atoms with van der Waals surface area (Å²) >= 11 is 12.1. The van der Waals surface area contributed by atoms with Gasteiger partial charge in [0.2, 0.25) is 0 Å². The van der Waals surface area contributed by atoms with E-state index in [2.05, 4.69) is 31.2 Å². The summed E-state index contributed by atoms with van der Waals surface area (Å²) < 4.78 is 0. The molecule has 21 heavy (non-hydrogen) atoms. The molecule has 0 aliphatic rings. The largest absolute Gasteiger partial charge is 0.0843 e. The molecule has 0 bridgehead atoms. The zero-order valence-electron chi connectivity index (χ0n) is 11.6. The molecule has 0 aliphatic heterocycles. The van der Waals surface area contributed by atoms with E-state index in [1.165, 1.54) is 16.7 Å². The van der Waals surface area contributed by atoms with Gasteiger partial charge in [0.05, 0.1) is 0 Å². The number of halogens is 2. The van der Waals surface area contributed by atoms with E-state index >= 15 is 0 Å². The Morgan fingerprint density at radius 2 is 1.38 bits per heavy atom. The molecule has 0 fully saturated rings. The van der Waals surface area contributed by atoms with Crippen LogP contribution in [0.5, 0.6) is 0 Å². The van der Waals surface area contributed by atoms with Gasteiger partial charge in [0.1, 0.15) is 0 Å². The summed E-state index contributed by atoms with van der Waals surface area (Å²) in [5.41, 5.74) is 5.86. The normalized spacial score (nSPS) is 10.6. The summed E-state index contributed by atoms with van der Waals surface area (Å²) in [5.74, 6) is 0. The van der Waals surface area contributed by atoms with E-state index < -0.39 is 0 Å². The summed E-state index contributed by atoms with van der Waals surface area (Å²) in [6.45, 7) is 2.10. The predicted molar refractivity (Wildman–Crippen MR) is 92.1 cm³/mol. The van der Waals surface area contributed by atoms with Crippen LogP contribution in [0.1, 0.15) is 5.56 Å². The second-order valence-corrected chi connectivity index (χ2v) is 5.94. The first-order valence-corrected chi connectivity index (χ1v) is 7.51. The second kappa shape index (κ2) is 5.93. The Kier molecular flexibility index (Phi) is 4.01. The third-order valence-electron chi connectivity index (χ3n) is 3.47. The maximum absolute atomic E-state index is 6.13. The predicted octanol–water partition coefficient (Wildman–Crippen LogP) is 6.64. The summed E-state index contributed by atoms with van der Waals surface area (Å²) in [6, 6.07) is 22.3. The van der Waals surface area contributed by atoms with E-state index in [0.29, 0.717) is 0 Å². The minimum atomic E-state index is 0.745. The lowest BCUT2D eigenvalue weighted by molar-refractivity contribution is 1.46. The van der Waals surface area contributed by atoms with Gasteiger partial charge in [-0.1, -0.05) is 71.2 Å². The fraction of sp³-hybridized carbons (Fsp3) is 0.0526. The van der Waals surface area contributed by atoms with E-state index in [-0.39, 0.29) is 0 Å². The molecule has 0 aliphatic carbocycles. The Bertz CT molecular complexity index is 774. The minimum absolute atomic E-state index is 0.745. The van der Waals surface area contributed by atoms with Crippen LogP contribution >= 0.6 is 23.2 Å². The lowest BCUT2D eigenvalue weighted by Crippen LogP contribution is -1.87. The van der Waals surface area contributed by atoms with Crippen molar-refractivity contribution in [3.8, 4) is 22.3 Å². The molecule has 3 aromatic rings. The highest BCUT2D eigenvalue weighted by Crippen LogP contribution is 2.34. The van der Waals surface area contributed by atoms with Crippen molar-refractivity contribution in [1.29, 1.82) is 0 Å². The van der Waals surface area contributed by atoms with Crippen LogP contribution in [0.3, 0.4) is 0 Å². The number of rotatable bonds is 2. The number of hydrogen-bond donors (Lipinski definition) is 0. The number of benzene rings is 3. The summed E-state index contributed by atoms with van der Waals surface area (Å²) in [5, 5.41) is 1.49. The van der Waals surface area contributed by atoms with Crippen molar-refractivity contribution in [2.75, 3.05) is 0 Å². The molecule has 0 radical (unpaired) electrons. The van der Waals surface area contributed by atoms with E-state index in [1.54, 1.807) is 0 Å². The standard InChI is InChI=1S/C19H14Cl2/c1-13-5-10-18(15-3-2-4-17(21)12-15)19(11-13)14-6-8-16(20)9-7-14/h2-12H,1H3. The average molecular weight is 313 g/mol. The summed E-state index contributed by atoms with van der Waals surface area (Å²) in [7, 11) is 0. The molecule has 0 nitrogen and oxygen atoms in total. The molecule has 0 amide bonds. The van der Waals surface area contributed by atoms with Crippen molar-refractivity contribution in [2.45, 2.75) is 6.92 Å². The van der Waals surface area contributed by atoms with Gasteiger partial charge in [-0.25, -0.2) is 0 Å². The molecule has 3 rings (SSSR count). The Morgan fingerprint density at radius 3 is 2.10 bits per heavy atom. The third kappa shape index (κ3) is 3.12. The van der Waals surface area contributed by atoms with Gasteiger partial charge in [0, 0.05) is 10.0 Å². The van der Waals surface area contributed by atoms with Gasteiger partial charge in [0.15, 0.2) is 0 Å². The highest BCUT2D eigenvalue weighted by Gasteiger charge is 2.08. The Labute approximate surface area is 135 Å². The summed E-state index contributed by atoms with van der Waals surface area (Å²) in [6.07, 6.45) is 0. The van der Waals surface area contributed by atoms with Crippen LogP contribution in [0, 0.1) is 6.92 Å². The molecule has 0 unspecified atom stereocenters. The Balaban J connectivity index is 2.20. The first-order valence-electron chi connectivity index (χ1n) is 6.76. The number of aryl methyl sites for hydroxylation is 1. The van der Waals surface area contributed by atoms with Crippen LogP contribution in [0.15, 0.2) is 66.7 Å². The first-order chi connectivity index (χ1) is 10.1. The van der Waals surface area contributed by atoms with Crippen molar-refractivity contribution < 1.29 is 0 Å². The van der Waals surface area contributed by atoms with Crippen LogP contribution < -0.4 is 0 Å². The van der Waals surface area contributed by atoms with E-state index in [4.69, 9.17) is 23.2 Å². The second-order valence-electron chi connectivity index (χ2n) is 5.07. The molecule has 0 heterocycles. The van der Waals surface area contributed by atoms with E-state index in [1.807, 2.05) is 42.5 Å². The zero-order valence-corrected chi connectivity index (χ0v) is 13.1. The van der Waals surface area contributed by atoms with Crippen molar-refractivity contribution in [3.05, 3.63) is 82.3 Å². The molecule has 0 N–H and O–H groups in total. The van der Waals surface area contributed by atoms with Gasteiger partial charge < -0.3 is 0 Å². The maximum Gasteiger partial charge on any atom is 0.0412 e. The molecule has 0 atom stereocenters. The van der Waals surface area contributed by atoms with Gasteiger partial charge in [-0.15, -0.1) is 0 Å². The van der Waals surface area contributed by atoms with Gasteiger partial charge >= 0.3 is 0 Å². The molecule has 0 saturated carbocycles. The molecule has 104 valence electrons. The SMILES string of the molecule is Cc1ccc(-c2cccc(Cl)c2)c(-c2ccc(Cl)cc2)c1. The van der Waals surface area contributed by atoms with Crippen LogP contribution in [-0.4, -0.2) is 0 Å². The van der Waals surface area contributed by atoms with Crippen molar-refractivity contribution in [1.82, 2.24) is 0 Å². The van der Waals surface area contributed by atoms with Crippen molar-refractivity contribution in [3.63, 3.8) is 0 Å². The van der Waals surface area contributed by atoms with Crippen molar-refractivity contribution >= 4 is 23.2 Å². The smallest absolute Gasteiger partial charge is 0.0412 e. The zero-order chi connectivity index (χ0) is 14.8. The third-order valence-corrected chi connectivity index (χ3v) is 3.95. The molecule has 3 aromatic carbocycles. The van der Waals surface area contributed by atoms with Gasteiger partial charge in [-0.3, -0.25) is 0 Å². The van der Waals surface area contributed by atoms with Gasteiger partial charge in [-0.05, 0) is 53.4 Å². The molecule has 0 spiro atoms. The molecule has 2 heteroatoms. The fourth-order valence-electron chi connectivity index (χ4n) is 2.43. The molecular weight excluding hydrogens is 299 g/mol. The quantitative estimate of drug-likeness (QED) is 0.497. The maximum atomic E-state index is 6.13. The summed E-state index contributed by atoms with van der Waals surface area (Å²) in [4.78, 5) is 0. The van der Waals surface area contributed by atoms with Gasteiger partial charge in [0.25, 0.3) is 0 Å². The highest BCUT2D eigenvalue weighted by atomic mass is 35.5. The molecule has 0 saturated heterocycles. The monoisotopic (exact) mass is 312 g/mol. The van der Waals surface area contributed by atoms with Crippen LogP contribution in [0.25, 0.3) is 22.3 Å². The lowest BCUT2D eigenvalue weighted by atomic mass is 9.93. The fourth-order valence-corrected chi connectivity index (χ4v) is 2.75. The van der Waals surface area contributed by atoms with E-state index in [9.17, 15) is 0 Å². The Morgan fingerprint density at radius 1 is 0.619 bits per heavy atom. The lowest BCUT2D eigenvalue weighted by Gasteiger charge is -2.12. The van der Waals surface area contributed by atoms with Crippen LogP contribution in [0.2, 0.25) is 10.0 Å². The molecular formula is C19H14Cl2. The first kappa shape index (κ1) is 14.2. The van der Waals surface area contributed by atoms with Crippen molar-refractivity contribution in [2.24, 2.45) is 0 Å². The van der Waals surface area contributed by atoms with E-state index in [0.717, 1.165) is 21.2 Å². The Hall–Kier alpha value is -1.76.